The second-order valence-electron chi connectivity index (χ2n) is 4.57. The average Bonchev–Trinajstić information content (AvgIpc) is 2.48. The van der Waals surface area contributed by atoms with Gasteiger partial charge >= 0.3 is 0 Å². The van der Waals surface area contributed by atoms with E-state index in [1.165, 1.54) is 0 Å². The number of benzene rings is 1. The third-order valence-electron chi connectivity index (χ3n) is 3.19. The van der Waals surface area contributed by atoms with Gasteiger partial charge in [-0.25, -0.2) is 0 Å². The minimum atomic E-state index is -0.394. The van der Waals surface area contributed by atoms with Gasteiger partial charge in [-0.2, -0.15) is 0 Å². The van der Waals surface area contributed by atoms with E-state index in [0.29, 0.717) is 13.2 Å². The summed E-state index contributed by atoms with van der Waals surface area (Å²) in [5.74, 6) is 0.734. The van der Waals surface area contributed by atoms with Crippen LogP contribution >= 0.6 is 0 Å². The topological polar surface area (TPSA) is 59.6 Å². The summed E-state index contributed by atoms with van der Waals surface area (Å²) >= 11 is 0. The average molecular weight is 264 g/mol. The SMILES string of the molecule is COc1ccc([C@H](C)NC(=O)C2CNCCO2)cc1. The van der Waals surface area contributed by atoms with Gasteiger partial charge in [-0.3, -0.25) is 4.79 Å². The highest BCUT2D eigenvalue weighted by Crippen LogP contribution is 2.17. The van der Waals surface area contributed by atoms with E-state index in [1.54, 1.807) is 7.11 Å². The highest BCUT2D eigenvalue weighted by Gasteiger charge is 2.23. The summed E-state index contributed by atoms with van der Waals surface area (Å²) < 4.78 is 10.5. The van der Waals surface area contributed by atoms with Crippen LogP contribution in [-0.2, 0) is 9.53 Å². The molecule has 1 aromatic carbocycles. The monoisotopic (exact) mass is 264 g/mol. The van der Waals surface area contributed by atoms with E-state index in [9.17, 15) is 4.79 Å². The predicted molar refractivity (Wildman–Crippen MR) is 72.2 cm³/mol. The van der Waals surface area contributed by atoms with Crippen molar-refractivity contribution in [3.63, 3.8) is 0 Å². The van der Waals surface area contributed by atoms with E-state index in [0.717, 1.165) is 17.9 Å². The maximum atomic E-state index is 12.0. The Hall–Kier alpha value is -1.59. The van der Waals surface area contributed by atoms with E-state index < -0.39 is 6.10 Å². The number of nitrogens with one attached hydrogen (secondary N) is 2. The van der Waals surface area contributed by atoms with Crippen molar-refractivity contribution < 1.29 is 14.3 Å². The number of amides is 1. The first kappa shape index (κ1) is 13.8. The molecule has 1 saturated heterocycles. The molecule has 1 heterocycles. The molecule has 5 heteroatoms. The fourth-order valence-electron chi connectivity index (χ4n) is 2.02. The first-order valence-corrected chi connectivity index (χ1v) is 6.47. The lowest BCUT2D eigenvalue weighted by Gasteiger charge is -2.24. The van der Waals surface area contributed by atoms with Gasteiger partial charge in [0.2, 0.25) is 0 Å². The number of carbonyl (C=O) groups excluding carboxylic acids is 1. The third kappa shape index (κ3) is 3.68. The summed E-state index contributed by atoms with van der Waals surface area (Å²) in [6, 6.07) is 7.62. The van der Waals surface area contributed by atoms with Gasteiger partial charge in [0.15, 0.2) is 0 Å². The molecule has 1 aromatic rings. The van der Waals surface area contributed by atoms with Crippen LogP contribution in [0.5, 0.6) is 5.75 Å². The van der Waals surface area contributed by atoms with E-state index in [2.05, 4.69) is 10.6 Å². The molecule has 0 aliphatic carbocycles. The summed E-state index contributed by atoms with van der Waals surface area (Å²) in [6.07, 6.45) is -0.394. The van der Waals surface area contributed by atoms with Crippen molar-refractivity contribution in [2.75, 3.05) is 26.8 Å². The standard InChI is InChI=1S/C14H20N2O3/c1-10(11-3-5-12(18-2)6-4-11)16-14(17)13-9-15-7-8-19-13/h3-6,10,13,15H,7-9H2,1-2H3,(H,16,17)/t10-,13?/m0/s1. The van der Waals surface area contributed by atoms with Crippen molar-refractivity contribution in [2.24, 2.45) is 0 Å². The van der Waals surface area contributed by atoms with Gasteiger partial charge in [0, 0.05) is 13.1 Å². The highest BCUT2D eigenvalue weighted by atomic mass is 16.5. The first-order chi connectivity index (χ1) is 9.20. The Kier molecular flexibility index (Phi) is 4.76. The number of rotatable bonds is 4. The van der Waals surface area contributed by atoms with Crippen molar-refractivity contribution >= 4 is 5.91 Å². The molecule has 1 amide bonds. The molecule has 1 aliphatic heterocycles. The van der Waals surface area contributed by atoms with Crippen LogP contribution in [0, 0.1) is 0 Å². The van der Waals surface area contributed by atoms with E-state index in [-0.39, 0.29) is 11.9 Å². The largest absolute Gasteiger partial charge is 0.497 e. The second-order valence-corrected chi connectivity index (χ2v) is 4.57. The molecule has 2 rings (SSSR count). The molecule has 0 aromatic heterocycles. The Balaban J connectivity index is 1.91. The number of ether oxygens (including phenoxy) is 2. The van der Waals surface area contributed by atoms with Gasteiger partial charge in [-0.05, 0) is 24.6 Å². The number of morpholine rings is 1. The van der Waals surface area contributed by atoms with Crippen molar-refractivity contribution in [1.29, 1.82) is 0 Å². The van der Waals surface area contributed by atoms with Crippen LogP contribution in [0.3, 0.4) is 0 Å². The van der Waals surface area contributed by atoms with Gasteiger partial charge in [-0.1, -0.05) is 12.1 Å². The van der Waals surface area contributed by atoms with Crippen LogP contribution in [0.15, 0.2) is 24.3 Å². The summed E-state index contributed by atoms with van der Waals surface area (Å²) in [5, 5.41) is 6.10. The Morgan fingerprint density at radius 1 is 1.47 bits per heavy atom. The summed E-state index contributed by atoms with van der Waals surface area (Å²) in [5.41, 5.74) is 1.04. The molecular weight excluding hydrogens is 244 g/mol. The molecule has 1 unspecified atom stereocenters. The van der Waals surface area contributed by atoms with Gasteiger partial charge in [-0.15, -0.1) is 0 Å². The lowest BCUT2D eigenvalue weighted by atomic mass is 10.1. The van der Waals surface area contributed by atoms with Crippen molar-refractivity contribution in [3.05, 3.63) is 29.8 Å². The van der Waals surface area contributed by atoms with Crippen LogP contribution in [0.2, 0.25) is 0 Å². The zero-order valence-electron chi connectivity index (χ0n) is 11.3. The molecule has 0 spiro atoms. The molecule has 19 heavy (non-hydrogen) atoms. The van der Waals surface area contributed by atoms with Crippen LogP contribution < -0.4 is 15.4 Å². The lowest BCUT2D eigenvalue weighted by Crippen LogP contribution is -2.48. The van der Waals surface area contributed by atoms with E-state index in [4.69, 9.17) is 9.47 Å². The quantitative estimate of drug-likeness (QED) is 0.847. The fourth-order valence-corrected chi connectivity index (χ4v) is 2.02. The molecule has 2 N–H and O–H groups in total. The van der Waals surface area contributed by atoms with Crippen molar-refractivity contribution in [2.45, 2.75) is 19.1 Å². The maximum Gasteiger partial charge on any atom is 0.250 e. The Morgan fingerprint density at radius 3 is 2.79 bits per heavy atom. The van der Waals surface area contributed by atoms with Crippen LogP contribution in [0.4, 0.5) is 0 Å². The van der Waals surface area contributed by atoms with Gasteiger partial charge in [0.05, 0.1) is 19.8 Å². The van der Waals surface area contributed by atoms with Gasteiger partial charge < -0.3 is 20.1 Å². The van der Waals surface area contributed by atoms with Crippen molar-refractivity contribution in [1.82, 2.24) is 10.6 Å². The predicted octanol–water partition coefficient (Wildman–Crippen LogP) is 0.861. The highest BCUT2D eigenvalue weighted by molar-refractivity contribution is 5.81. The zero-order valence-corrected chi connectivity index (χ0v) is 11.3. The molecule has 0 bridgehead atoms. The number of carbonyl (C=O) groups is 1. The Morgan fingerprint density at radius 2 is 2.21 bits per heavy atom. The number of hydrogen-bond donors (Lipinski definition) is 2. The third-order valence-corrected chi connectivity index (χ3v) is 3.19. The fraction of sp³-hybridized carbons (Fsp3) is 0.500. The second kappa shape index (κ2) is 6.54. The lowest BCUT2D eigenvalue weighted by molar-refractivity contribution is -0.134. The normalized spacial score (nSPS) is 20.6. The minimum Gasteiger partial charge on any atom is -0.497 e. The minimum absolute atomic E-state index is 0.0519. The van der Waals surface area contributed by atoms with Crippen LogP contribution in [0.1, 0.15) is 18.5 Å². The van der Waals surface area contributed by atoms with Crippen LogP contribution in [-0.4, -0.2) is 38.8 Å². The zero-order chi connectivity index (χ0) is 13.7. The molecule has 5 nitrogen and oxygen atoms in total. The molecule has 1 fully saturated rings. The Labute approximate surface area is 113 Å². The van der Waals surface area contributed by atoms with Crippen molar-refractivity contribution in [3.8, 4) is 5.75 Å². The molecule has 2 atom stereocenters. The Bertz CT molecular complexity index is 413. The molecule has 1 aliphatic rings. The van der Waals surface area contributed by atoms with Gasteiger partial charge in [0.1, 0.15) is 11.9 Å². The van der Waals surface area contributed by atoms with E-state index >= 15 is 0 Å². The van der Waals surface area contributed by atoms with E-state index in [1.807, 2.05) is 31.2 Å². The maximum absolute atomic E-state index is 12.0. The molecule has 0 saturated carbocycles. The van der Waals surface area contributed by atoms with Crippen LogP contribution in [0.25, 0.3) is 0 Å². The first-order valence-electron chi connectivity index (χ1n) is 6.47. The summed E-state index contributed by atoms with van der Waals surface area (Å²) in [6.45, 7) is 3.91. The smallest absolute Gasteiger partial charge is 0.250 e. The summed E-state index contributed by atoms with van der Waals surface area (Å²) in [7, 11) is 1.63. The number of methoxy groups -OCH3 is 1. The van der Waals surface area contributed by atoms with Gasteiger partial charge in [0.25, 0.3) is 5.91 Å². The summed E-state index contributed by atoms with van der Waals surface area (Å²) in [4.78, 5) is 12.0. The number of hydrogen-bond acceptors (Lipinski definition) is 4. The molecular formula is C14H20N2O3. The molecule has 0 radical (unpaired) electrons. The molecule has 104 valence electrons.